The molecule has 1 amide bonds. The molecule has 0 radical (unpaired) electrons. The molecule has 5 nitrogen and oxygen atoms in total. The van der Waals surface area contributed by atoms with E-state index in [9.17, 15) is 4.79 Å². The Kier molecular flexibility index (Phi) is 3.70. The van der Waals surface area contributed by atoms with E-state index in [-0.39, 0.29) is 11.5 Å². The van der Waals surface area contributed by atoms with Gasteiger partial charge in [0.25, 0.3) is 5.91 Å². The van der Waals surface area contributed by atoms with Crippen LogP contribution in [0, 0.1) is 0 Å². The average Bonchev–Trinajstić information content (AvgIpc) is 3.29. The largest absolute Gasteiger partial charge is 0.459 e. The molecule has 3 aliphatic rings. The minimum atomic E-state index is 0.00714. The van der Waals surface area contributed by atoms with Gasteiger partial charge in [0.1, 0.15) is 0 Å². The SMILES string of the molecule is O=C(c1ccco1)N1CCC2(CC1)CC(N1CCCC1)CO2. The van der Waals surface area contributed by atoms with E-state index in [2.05, 4.69) is 4.90 Å². The van der Waals surface area contributed by atoms with Crippen molar-refractivity contribution in [2.24, 2.45) is 0 Å². The van der Waals surface area contributed by atoms with Crippen molar-refractivity contribution >= 4 is 5.91 Å². The molecular formula is C17H24N2O3. The number of rotatable bonds is 2. The number of piperidine rings is 1. The van der Waals surface area contributed by atoms with E-state index in [1.807, 2.05) is 4.90 Å². The maximum atomic E-state index is 12.3. The molecule has 1 spiro atoms. The number of ether oxygens (including phenoxy) is 1. The Morgan fingerprint density at radius 2 is 1.95 bits per heavy atom. The molecule has 4 heterocycles. The van der Waals surface area contributed by atoms with Crippen molar-refractivity contribution in [2.45, 2.75) is 43.7 Å². The fraction of sp³-hybridized carbons (Fsp3) is 0.706. The highest BCUT2D eigenvalue weighted by molar-refractivity contribution is 5.91. The van der Waals surface area contributed by atoms with Gasteiger partial charge in [0.2, 0.25) is 0 Å². The van der Waals surface area contributed by atoms with Crippen LogP contribution in [0.3, 0.4) is 0 Å². The highest BCUT2D eigenvalue weighted by atomic mass is 16.5. The van der Waals surface area contributed by atoms with E-state index in [1.54, 1.807) is 18.4 Å². The molecule has 120 valence electrons. The van der Waals surface area contributed by atoms with Crippen molar-refractivity contribution in [1.29, 1.82) is 0 Å². The zero-order valence-corrected chi connectivity index (χ0v) is 13.0. The molecular weight excluding hydrogens is 280 g/mol. The molecule has 5 heteroatoms. The van der Waals surface area contributed by atoms with Gasteiger partial charge in [-0.15, -0.1) is 0 Å². The molecule has 22 heavy (non-hydrogen) atoms. The van der Waals surface area contributed by atoms with Crippen LogP contribution in [-0.4, -0.2) is 60.1 Å². The first-order valence-corrected chi connectivity index (χ1v) is 8.47. The predicted octanol–water partition coefficient (Wildman–Crippen LogP) is 2.14. The van der Waals surface area contributed by atoms with E-state index >= 15 is 0 Å². The molecule has 3 fully saturated rings. The topological polar surface area (TPSA) is 45.9 Å². The van der Waals surface area contributed by atoms with Gasteiger partial charge in [-0.3, -0.25) is 9.69 Å². The van der Waals surface area contributed by atoms with Crippen LogP contribution < -0.4 is 0 Å². The Bertz CT molecular complexity index is 514. The molecule has 1 aromatic rings. The number of hydrogen-bond acceptors (Lipinski definition) is 4. The van der Waals surface area contributed by atoms with E-state index in [4.69, 9.17) is 9.15 Å². The van der Waals surface area contributed by atoms with E-state index in [0.29, 0.717) is 11.8 Å². The number of nitrogens with zero attached hydrogens (tertiary/aromatic N) is 2. The fourth-order valence-corrected chi connectivity index (χ4v) is 4.18. The minimum Gasteiger partial charge on any atom is -0.459 e. The molecule has 0 aliphatic carbocycles. The van der Waals surface area contributed by atoms with Crippen LogP contribution in [0.4, 0.5) is 0 Å². The molecule has 1 atom stereocenters. The van der Waals surface area contributed by atoms with Crippen LogP contribution in [-0.2, 0) is 4.74 Å². The Morgan fingerprint density at radius 1 is 1.18 bits per heavy atom. The quantitative estimate of drug-likeness (QED) is 0.840. The van der Waals surface area contributed by atoms with Crippen molar-refractivity contribution < 1.29 is 13.9 Å². The maximum Gasteiger partial charge on any atom is 0.289 e. The lowest BCUT2D eigenvalue weighted by Crippen LogP contribution is -2.47. The first-order valence-electron chi connectivity index (χ1n) is 8.47. The summed E-state index contributed by atoms with van der Waals surface area (Å²) in [5.74, 6) is 0.451. The lowest BCUT2D eigenvalue weighted by Gasteiger charge is -2.38. The second kappa shape index (κ2) is 5.70. The summed E-state index contributed by atoms with van der Waals surface area (Å²) in [6.45, 7) is 4.87. The van der Waals surface area contributed by atoms with Gasteiger partial charge in [-0.05, 0) is 57.3 Å². The predicted molar refractivity (Wildman–Crippen MR) is 81.7 cm³/mol. The maximum absolute atomic E-state index is 12.3. The molecule has 3 saturated heterocycles. The number of furan rings is 1. The van der Waals surface area contributed by atoms with E-state index in [0.717, 1.165) is 39.0 Å². The van der Waals surface area contributed by atoms with Crippen molar-refractivity contribution in [3.8, 4) is 0 Å². The molecule has 0 N–H and O–H groups in total. The third-order valence-electron chi connectivity index (χ3n) is 5.54. The number of carbonyl (C=O) groups is 1. The normalized spacial score (nSPS) is 28.5. The Labute approximate surface area is 131 Å². The van der Waals surface area contributed by atoms with E-state index in [1.165, 1.54) is 25.9 Å². The summed E-state index contributed by atoms with van der Waals surface area (Å²) >= 11 is 0. The van der Waals surface area contributed by atoms with Crippen molar-refractivity contribution in [3.05, 3.63) is 24.2 Å². The van der Waals surface area contributed by atoms with E-state index < -0.39 is 0 Å². The van der Waals surface area contributed by atoms with Crippen LogP contribution in [0.15, 0.2) is 22.8 Å². The highest BCUT2D eigenvalue weighted by Crippen LogP contribution is 2.38. The summed E-state index contributed by atoms with van der Waals surface area (Å²) < 4.78 is 11.4. The number of amides is 1. The molecule has 1 unspecified atom stereocenters. The fourth-order valence-electron chi connectivity index (χ4n) is 4.18. The number of carbonyl (C=O) groups excluding carboxylic acids is 1. The summed E-state index contributed by atoms with van der Waals surface area (Å²) in [4.78, 5) is 16.8. The zero-order valence-electron chi connectivity index (χ0n) is 13.0. The summed E-state index contributed by atoms with van der Waals surface area (Å²) in [5, 5.41) is 0. The number of likely N-dealkylation sites (tertiary alicyclic amines) is 2. The van der Waals surface area contributed by atoms with Gasteiger partial charge < -0.3 is 14.1 Å². The lowest BCUT2D eigenvalue weighted by atomic mass is 9.87. The molecule has 3 aliphatic heterocycles. The van der Waals surface area contributed by atoms with Crippen LogP contribution in [0.25, 0.3) is 0 Å². The van der Waals surface area contributed by atoms with Crippen LogP contribution in [0.5, 0.6) is 0 Å². The third kappa shape index (κ3) is 2.57. The van der Waals surface area contributed by atoms with Gasteiger partial charge in [-0.2, -0.15) is 0 Å². The second-order valence-corrected chi connectivity index (χ2v) is 6.86. The monoisotopic (exact) mass is 304 g/mol. The van der Waals surface area contributed by atoms with Gasteiger partial charge in [0.15, 0.2) is 5.76 Å². The Hall–Kier alpha value is -1.33. The van der Waals surface area contributed by atoms with Gasteiger partial charge in [0.05, 0.1) is 18.5 Å². The van der Waals surface area contributed by atoms with Crippen molar-refractivity contribution in [3.63, 3.8) is 0 Å². The third-order valence-corrected chi connectivity index (χ3v) is 5.54. The van der Waals surface area contributed by atoms with Crippen LogP contribution in [0.1, 0.15) is 42.7 Å². The Morgan fingerprint density at radius 3 is 2.64 bits per heavy atom. The van der Waals surface area contributed by atoms with Crippen LogP contribution >= 0.6 is 0 Å². The molecule has 4 rings (SSSR count). The summed E-state index contributed by atoms with van der Waals surface area (Å²) in [6.07, 6.45) is 7.24. The molecule has 0 saturated carbocycles. The van der Waals surface area contributed by atoms with Crippen molar-refractivity contribution in [2.75, 3.05) is 32.8 Å². The number of hydrogen-bond donors (Lipinski definition) is 0. The minimum absolute atomic E-state index is 0.00714. The standard InChI is InChI=1S/C17H24N2O3/c20-16(15-4-3-11-21-15)19-9-5-17(6-10-19)12-14(13-22-17)18-7-1-2-8-18/h3-4,11,14H,1-2,5-10,12-13H2. The van der Waals surface area contributed by atoms with Gasteiger partial charge >= 0.3 is 0 Å². The highest BCUT2D eigenvalue weighted by Gasteiger charge is 2.45. The summed E-state index contributed by atoms with van der Waals surface area (Å²) in [5.41, 5.74) is 0.00714. The Balaban J connectivity index is 1.35. The summed E-state index contributed by atoms with van der Waals surface area (Å²) in [7, 11) is 0. The molecule has 1 aromatic heterocycles. The lowest BCUT2D eigenvalue weighted by molar-refractivity contribution is -0.0397. The average molecular weight is 304 g/mol. The first kappa shape index (κ1) is 14.3. The first-order chi connectivity index (χ1) is 10.8. The van der Waals surface area contributed by atoms with Crippen molar-refractivity contribution in [1.82, 2.24) is 9.80 Å². The van der Waals surface area contributed by atoms with Gasteiger partial charge in [-0.1, -0.05) is 0 Å². The molecule has 0 bridgehead atoms. The molecule has 0 aromatic carbocycles. The van der Waals surface area contributed by atoms with Crippen LogP contribution in [0.2, 0.25) is 0 Å². The zero-order chi connectivity index (χ0) is 15.0. The second-order valence-electron chi connectivity index (χ2n) is 6.86. The van der Waals surface area contributed by atoms with Gasteiger partial charge in [-0.25, -0.2) is 0 Å². The summed E-state index contributed by atoms with van der Waals surface area (Å²) in [6, 6.07) is 4.09. The van der Waals surface area contributed by atoms with Gasteiger partial charge in [0, 0.05) is 19.1 Å². The smallest absolute Gasteiger partial charge is 0.289 e.